The molecule has 0 aliphatic heterocycles. The molecule has 7 heteroatoms. The summed E-state index contributed by atoms with van der Waals surface area (Å²) < 4.78 is 40.7. The summed E-state index contributed by atoms with van der Waals surface area (Å²) in [4.78, 5) is 13.7. The second-order valence-electron chi connectivity index (χ2n) is 5.29. The average molecular weight is 312 g/mol. The number of ether oxygens (including phenoxy) is 1. The maximum absolute atomic E-state index is 12.3. The Kier molecular flexibility index (Phi) is 4.31. The molecule has 1 aromatic carbocycles. The zero-order valence-corrected chi connectivity index (χ0v) is 12.0. The topological polar surface area (TPSA) is 53.3 Å². The van der Waals surface area contributed by atoms with Gasteiger partial charge in [-0.2, -0.15) is 18.4 Å². The number of alkyl halides is 3. The normalized spacial score (nSPS) is 16.3. The molecule has 0 aromatic heterocycles. The third-order valence-electron chi connectivity index (χ3n) is 3.84. The predicted octanol–water partition coefficient (Wildman–Crippen LogP) is 3.15. The van der Waals surface area contributed by atoms with E-state index in [1.807, 2.05) is 0 Å². The van der Waals surface area contributed by atoms with E-state index >= 15 is 0 Å². The molecule has 1 aliphatic rings. The molecule has 4 nitrogen and oxygen atoms in total. The number of benzene rings is 1. The van der Waals surface area contributed by atoms with Gasteiger partial charge in [-0.3, -0.25) is 4.79 Å². The van der Waals surface area contributed by atoms with Crippen LogP contribution in [0.2, 0.25) is 0 Å². The van der Waals surface area contributed by atoms with Gasteiger partial charge in [0.2, 0.25) is 0 Å². The highest BCUT2D eigenvalue weighted by molar-refractivity contribution is 5.95. The number of carbonyl (C=O) groups excluding carboxylic acids is 1. The summed E-state index contributed by atoms with van der Waals surface area (Å²) in [6, 6.07) is 7.59. The van der Waals surface area contributed by atoms with Crippen LogP contribution in [0, 0.1) is 11.3 Å². The third-order valence-corrected chi connectivity index (χ3v) is 3.84. The molecule has 1 amide bonds. The van der Waals surface area contributed by atoms with Crippen molar-refractivity contribution in [3.63, 3.8) is 0 Å². The lowest BCUT2D eigenvalue weighted by atomic mass is 9.76. The first kappa shape index (κ1) is 16.1. The zero-order chi connectivity index (χ0) is 16.4. The minimum absolute atomic E-state index is 0.0372. The van der Waals surface area contributed by atoms with E-state index in [-0.39, 0.29) is 11.7 Å². The molecule has 1 aliphatic carbocycles. The maximum atomic E-state index is 12.3. The Bertz CT molecular complexity index is 586. The second-order valence-corrected chi connectivity index (χ2v) is 5.29. The molecule has 22 heavy (non-hydrogen) atoms. The zero-order valence-electron chi connectivity index (χ0n) is 12.0. The highest BCUT2D eigenvalue weighted by Gasteiger charge is 2.43. The van der Waals surface area contributed by atoms with Gasteiger partial charge in [-0.15, -0.1) is 0 Å². The number of carbonyl (C=O) groups is 1. The Hall–Kier alpha value is -2.23. The summed E-state index contributed by atoms with van der Waals surface area (Å²) in [5.74, 6) is -0.293. The van der Waals surface area contributed by atoms with Gasteiger partial charge in [-0.05, 0) is 43.5 Å². The fourth-order valence-electron chi connectivity index (χ4n) is 2.28. The number of halogens is 3. The molecule has 118 valence electrons. The van der Waals surface area contributed by atoms with Crippen LogP contribution in [0.25, 0.3) is 0 Å². The van der Waals surface area contributed by atoms with Crippen LogP contribution >= 0.6 is 0 Å². The Morgan fingerprint density at radius 1 is 1.36 bits per heavy atom. The van der Waals surface area contributed by atoms with Crippen molar-refractivity contribution < 1.29 is 22.7 Å². The molecule has 1 aromatic rings. The third kappa shape index (κ3) is 3.32. The van der Waals surface area contributed by atoms with Crippen molar-refractivity contribution in [2.45, 2.75) is 31.0 Å². The summed E-state index contributed by atoms with van der Waals surface area (Å²) in [5, 5.41) is 9.22. The highest BCUT2D eigenvalue weighted by atomic mass is 19.4. The van der Waals surface area contributed by atoms with E-state index in [1.165, 1.54) is 29.2 Å². The first-order valence-electron chi connectivity index (χ1n) is 6.76. The molecular formula is C15H15F3N2O2. The molecule has 0 radical (unpaired) electrons. The fourth-order valence-corrected chi connectivity index (χ4v) is 2.28. The molecular weight excluding hydrogens is 297 g/mol. The first-order valence-corrected chi connectivity index (χ1v) is 6.76. The van der Waals surface area contributed by atoms with Gasteiger partial charge in [0.1, 0.15) is 11.3 Å². The number of nitriles is 1. The van der Waals surface area contributed by atoms with Crippen LogP contribution in [-0.4, -0.2) is 36.2 Å². The maximum Gasteiger partial charge on any atom is 0.422 e. The van der Waals surface area contributed by atoms with Crippen molar-refractivity contribution >= 4 is 5.91 Å². The molecule has 2 rings (SSSR count). The number of hydrogen-bond donors (Lipinski definition) is 0. The van der Waals surface area contributed by atoms with Crippen LogP contribution in [0.15, 0.2) is 24.3 Å². The lowest BCUT2D eigenvalue weighted by Crippen LogP contribution is -2.53. The lowest BCUT2D eigenvalue weighted by Gasteiger charge is -2.42. The van der Waals surface area contributed by atoms with Crippen molar-refractivity contribution in [2.75, 3.05) is 13.7 Å². The molecule has 0 atom stereocenters. The van der Waals surface area contributed by atoms with Crippen molar-refractivity contribution in [3.05, 3.63) is 29.8 Å². The Labute approximate surface area is 126 Å². The highest BCUT2D eigenvalue weighted by Crippen LogP contribution is 2.37. The smallest absolute Gasteiger partial charge is 0.422 e. The van der Waals surface area contributed by atoms with Crippen LogP contribution in [-0.2, 0) is 0 Å². The largest absolute Gasteiger partial charge is 0.484 e. The Morgan fingerprint density at radius 3 is 2.36 bits per heavy atom. The number of nitrogens with zero attached hydrogens (tertiary/aromatic N) is 2. The van der Waals surface area contributed by atoms with Gasteiger partial charge in [0, 0.05) is 12.6 Å². The van der Waals surface area contributed by atoms with Crippen LogP contribution in [0.1, 0.15) is 29.6 Å². The summed E-state index contributed by atoms with van der Waals surface area (Å²) in [6.45, 7) is -1.38. The van der Waals surface area contributed by atoms with Crippen LogP contribution in [0.4, 0.5) is 13.2 Å². The monoisotopic (exact) mass is 312 g/mol. The first-order chi connectivity index (χ1) is 10.3. The number of rotatable bonds is 4. The van der Waals surface area contributed by atoms with Gasteiger partial charge in [-0.1, -0.05) is 0 Å². The van der Waals surface area contributed by atoms with E-state index in [0.717, 1.165) is 6.42 Å². The summed E-state index contributed by atoms with van der Waals surface area (Å²) in [6.07, 6.45) is -2.23. The lowest BCUT2D eigenvalue weighted by molar-refractivity contribution is -0.153. The quantitative estimate of drug-likeness (QED) is 0.858. The summed E-state index contributed by atoms with van der Waals surface area (Å²) >= 11 is 0. The molecule has 1 saturated carbocycles. The van der Waals surface area contributed by atoms with Crippen LogP contribution in [0.3, 0.4) is 0 Å². The molecule has 0 bridgehead atoms. The van der Waals surface area contributed by atoms with E-state index in [2.05, 4.69) is 10.8 Å². The van der Waals surface area contributed by atoms with Gasteiger partial charge in [-0.25, -0.2) is 0 Å². The standard InChI is InChI=1S/C15H15F3N2O2/c1-20(14(9-19)7-2-8-14)13(21)11-3-5-12(6-4-11)22-10-15(16,17)18/h3-6H,2,7-8,10H2,1H3. The average Bonchev–Trinajstić information content (AvgIpc) is 2.43. The molecule has 0 unspecified atom stereocenters. The predicted molar refractivity (Wildman–Crippen MR) is 72.3 cm³/mol. The molecule has 0 heterocycles. The van der Waals surface area contributed by atoms with E-state index in [0.29, 0.717) is 18.4 Å². The van der Waals surface area contributed by atoms with Gasteiger partial charge < -0.3 is 9.64 Å². The van der Waals surface area contributed by atoms with E-state index in [4.69, 9.17) is 0 Å². The molecule has 1 fully saturated rings. The molecule has 0 N–H and O–H groups in total. The van der Waals surface area contributed by atoms with E-state index < -0.39 is 18.3 Å². The number of hydrogen-bond acceptors (Lipinski definition) is 3. The van der Waals surface area contributed by atoms with Crippen molar-refractivity contribution in [1.82, 2.24) is 4.90 Å². The van der Waals surface area contributed by atoms with E-state index in [1.54, 1.807) is 7.05 Å². The molecule has 0 saturated heterocycles. The Morgan fingerprint density at radius 2 is 1.95 bits per heavy atom. The van der Waals surface area contributed by atoms with Crippen LogP contribution in [0.5, 0.6) is 5.75 Å². The molecule has 0 spiro atoms. The van der Waals surface area contributed by atoms with E-state index in [9.17, 15) is 23.2 Å². The number of amides is 1. The van der Waals surface area contributed by atoms with Crippen molar-refractivity contribution in [2.24, 2.45) is 0 Å². The van der Waals surface area contributed by atoms with Crippen LogP contribution < -0.4 is 4.74 Å². The van der Waals surface area contributed by atoms with Gasteiger partial charge in [0.05, 0.1) is 6.07 Å². The SMILES string of the molecule is CN(C(=O)c1ccc(OCC(F)(F)F)cc1)C1(C#N)CCC1. The van der Waals surface area contributed by atoms with Gasteiger partial charge >= 0.3 is 6.18 Å². The van der Waals surface area contributed by atoms with Gasteiger partial charge in [0.25, 0.3) is 5.91 Å². The minimum atomic E-state index is -4.40. The summed E-state index contributed by atoms with van der Waals surface area (Å²) in [5.41, 5.74) is -0.453. The Balaban J connectivity index is 2.04. The van der Waals surface area contributed by atoms with Crippen molar-refractivity contribution in [3.8, 4) is 11.8 Å². The fraction of sp³-hybridized carbons (Fsp3) is 0.467. The van der Waals surface area contributed by atoms with Crippen molar-refractivity contribution in [1.29, 1.82) is 5.26 Å². The minimum Gasteiger partial charge on any atom is -0.484 e. The summed E-state index contributed by atoms with van der Waals surface area (Å²) in [7, 11) is 1.57. The van der Waals surface area contributed by atoms with Gasteiger partial charge in [0.15, 0.2) is 6.61 Å². The second kappa shape index (κ2) is 5.87.